The van der Waals surface area contributed by atoms with Crippen LogP contribution in [0.25, 0.3) is 0 Å². The number of anilines is 1. The number of benzene rings is 2. The van der Waals surface area contributed by atoms with Gasteiger partial charge in [0.05, 0.1) is 16.1 Å². The Morgan fingerprint density at radius 2 is 1.96 bits per heavy atom. The molecule has 1 aliphatic rings. The second-order valence-electron chi connectivity index (χ2n) is 5.53. The molecule has 2 aromatic carbocycles. The van der Waals surface area contributed by atoms with E-state index in [4.69, 9.17) is 13.0 Å². The van der Waals surface area contributed by atoms with Gasteiger partial charge in [-0.25, -0.2) is 9.18 Å². The van der Waals surface area contributed by atoms with E-state index in [0.717, 1.165) is 0 Å². The van der Waals surface area contributed by atoms with E-state index in [2.05, 4.69) is 0 Å². The number of carbonyl (C=O) groups is 2. The highest BCUT2D eigenvalue weighted by Gasteiger charge is 2.44. The lowest BCUT2D eigenvalue weighted by Crippen LogP contribution is -2.43. The zero-order chi connectivity index (χ0) is 17.5. The molecular weight excluding hydrogens is 328 g/mol. The predicted molar refractivity (Wildman–Crippen MR) is 91.9 cm³/mol. The molecule has 4 nitrogen and oxygen atoms in total. The van der Waals surface area contributed by atoms with E-state index >= 15 is 0 Å². The molecule has 1 atom stereocenters. The van der Waals surface area contributed by atoms with Crippen LogP contribution in [0.2, 0.25) is 0 Å². The van der Waals surface area contributed by atoms with Crippen molar-refractivity contribution in [3.8, 4) is 0 Å². The van der Waals surface area contributed by atoms with Crippen LogP contribution in [0.5, 0.6) is 0 Å². The minimum absolute atomic E-state index is 0.139. The molecule has 7 heteroatoms. The van der Waals surface area contributed by atoms with Crippen LogP contribution >= 0.6 is 11.8 Å². The van der Waals surface area contributed by atoms with Gasteiger partial charge < -0.3 is 10.0 Å². The van der Waals surface area contributed by atoms with Gasteiger partial charge in [-0.15, -0.1) is 11.8 Å². The third-order valence-electron chi connectivity index (χ3n) is 3.94. The Labute approximate surface area is 144 Å². The molecule has 1 saturated heterocycles. The molecule has 1 N–H and O–H groups in total. The fourth-order valence-corrected chi connectivity index (χ4v) is 3.84. The van der Waals surface area contributed by atoms with Gasteiger partial charge in [-0.3, -0.25) is 4.79 Å². The van der Waals surface area contributed by atoms with Crippen molar-refractivity contribution in [2.45, 2.75) is 11.7 Å². The number of halogens is 1. The van der Waals surface area contributed by atoms with Crippen LogP contribution in [0, 0.1) is 12.7 Å². The maximum absolute atomic E-state index is 13.2. The van der Waals surface area contributed by atoms with E-state index in [1.165, 1.54) is 40.9 Å². The molecule has 2 aromatic rings. The molecular formula is C17H13BFNO3S. The summed E-state index contributed by atoms with van der Waals surface area (Å²) in [5.41, 5.74) is 1.91. The summed E-state index contributed by atoms with van der Waals surface area (Å²) < 4.78 is 12.0. The van der Waals surface area contributed by atoms with Crippen LogP contribution in [-0.2, 0) is 9.56 Å². The van der Waals surface area contributed by atoms with Gasteiger partial charge >= 0.3 is 5.97 Å². The van der Waals surface area contributed by atoms with Gasteiger partial charge in [0.15, 0.2) is 0 Å². The van der Waals surface area contributed by atoms with Crippen LogP contribution in [0.1, 0.15) is 21.5 Å². The Morgan fingerprint density at radius 1 is 1.29 bits per heavy atom. The summed E-state index contributed by atoms with van der Waals surface area (Å²) in [6, 6.07) is 10.2. The Bertz CT molecular complexity index is 827. The highest BCUT2D eigenvalue weighted by Crippen LogP contribution is 2.46. The molecule has 0 aromatic heterocycles. The van der Waals surface area contributed by atoms with E-state index < -0.39 is 10.7 Å². The SMILES string of the molecule is [B]C1(c2ccc(F)cc2)SCC(=O)N1c1ccc(C(=O)O)cc1C. The molecule has 3 rings (SSSR count). The number of aromatic carboxylic acids is 1. The number of carbonyl (C=O) groups excluding carboxylic acids is 1. The second kappa shape index (κ2) is 5.98. The zero-order valence-corrected chi connectivity index (χ0v) is 13.6. The first-order valence-electron chi connectivity index (χ1n) is 7.19. The maximum atomic E-state index is 13.2. The molecule has 120 valence electrons. The lowest BCUT2D eigenvalue weighted by Gasteiger charge is -2.36. The van der Waals surface area contributed by atoms with Gasteiger partial charge in [0, 0.05) is 5.69 Å². The minimum atomic E-state index is -1.17. The third kappa shape index (κ3) is 2.69. The number of amides is 1. The van der Waals surface area contributed by atoms with Gasteiger partial charge in [-0.2, -0.15) is 0 Å². The largest absolute Gasteiger partial charge is 0.478 e. The van der Waals surface area contributed by atoms with Crippen LogP contribution in [0.15, 0.2) is 42.5 Å². The molecule has 2 radical (unpaired) electrons. The van der Waals surface area contributed by atoms with Crippen molar-refractivity contribution in [3.05, 3.63) is 65.0 Å². The normalized spacial score (nSPS) is 20.4. The second-order valence-corrected chi connectivity index (χ2v) is 6.73. The standard InChI is InChI=1S/C17H13BFNO3S/c1-10-8-11(16(22)23)2-7-14(10)20-15(21)9-24-17(20,18)12-3-5-13(19)6-4-12/h2-8H,9H2,1H3,(H,22,23). The fraction of sp³-hybridized carbons (Fsp3) is 0.176. The number of hydrogen-bond donors (Lipinski definition) is 1. The first-order chi connectivity index (χ1) is 11.3. The van der Waals surface area contributed by atoms with Gasteiger partial charge in [0.1, 0.15) is 13.7 Å². The summed E-state index contributed by atoms with van der Waals surface area (Å²) in [6.07, 6.45) is 0. The monoisotopic (exact) mass is 341 g/mol. The molecule has 1 heterocycles. The summed E-state index contributed by atoms with van der Waals surface area (Å²) in [5, 5.41) is 9.08. The number of rotatable bonds is 3. The lowest BCUT2D eigenvalue weighted by molar-refractivity contribution is -0.116. The first kappa shape index (κ1) is 16.6. The van der Waals surface area contributed by atoms with Crippen LogP contribution in [-0.4, -0.2) is 30.6 Å². The van der Waals surface area contributed by atoms with E-state index in [0.29, 0.717) is 16.8 Å². The van der Waals surface area contributed by atoms with Crippen LogP contribution < -0.4 is 4.90 Å². The molecule has 0 aliphatic carbocycles. The van der Waals surface area contributed by atoms with Crippen molar-refractivity contribution >= 4 is 37.2 Å². The smallest absolute Gasteiger partial charge is 0.335 e. The van der Waals surface area contributed by atoms with Crippen molar-refractivity contribution in [3.63, 3.8) is 0 Å². The van der Waals surface area contributed by atoms with Crippen molar-refractivity contribution in [1.29, 1.82) is 0 Å². The fourth-order valence-electron chi connectivity index (χ4n) is 2.74. The average molecular weight is 341 g/mol. The predicted octanol–water partition coefficient (Wildman–Crippen LogP) is 2.89. The van der Waals surface area contributed by atoms with Crippen molar-refractivity contribution < 1.29 is 19.1 Å². The third-order valence-corrected chi connectivity index (χ3v) is 5.19. The Morgan fingerprint density at radius 3 is 2.54 bits per heavy atom. The quantitative estimate of drug-likeness (QED) is 0.873. The molecule has 24 heavy (non-hydrogen) atoms. The van der Waals surface area contributed by atoms with Crippen molar-refractivity contribution in [2.75, 3.05) is 10.7 Å². The van der Waals surface area contributed by atoms with E-state index in [-0.39, 0.29) is 23.0 Å². The maximum Gasteiger partial charge on any atom is 0.335 e. The number of nitrogens with zero attached hydrogens (tertiary/aromatic N) is 1. The lowest BCUT2D eigenvalue weighted by atomic mass is 9.85. The Hall–Kier alpha value is -2.28. The summed E-state index contributed by atoms with van der Waals surface area (Å²) in [6.45, 7) is 1.73. The van der Waals surface area contributed by atoms with Crippen LogP contribution in [0.3, 0.4) is 0 Å². The number of hydrogen-bond acceptors (Lipinski definition) is 3. The number of thioether (sulfide) groups is 1. The van der Waals surface area contributed by atoms with Crippen LogP contribution in [0.4, 0.5) is 10.1 Å². The number of carboxylic acids is 1. The summed E-state index contributed by atoms with van der Waals surface area (Å²) in [7, 11) is 6.49. The summed E-state index contributed by atoms with van der Waals surface area (Å²) >= 11 is 1.25. The topological polar surface area (TPSA) is 57.6 Å². The van der Waals surface area contributed by atoms with Gasteiger partial charge in [-0.1, -0.05) is 12.1 Å². The molecule has 1 fully saturated rings. The average Bonchev–Trinajstić information content (AvgIpc) is 2.84. The van der Waals surface area contributed by atoms with E-state index in [9.17, 15) is 14.0 Å². The molecule has 0 saturated carbocycles. The van der Waals surface area contributed by atoms with Crippen molar-refractivity contribution in [2.24, 2.45) is 0 Å². The Kier molecular flexibility index (Phi) is 4.13. The molecule has 0 bridgehead atoms. The van der Waals surface area contributed by atoms with Crippen molar-refractivity contribution in [1.82, 2.24) is 0 Å². The highest BCUT2D eigenvalue weighted by molar-refractivity contribution is 8.02. The molecule has 0 spiro atoms. The molecule has 1 unspecified atom stereocenters. The van der Waals surface area contributed by atoms with Gasteiger partial charge in [0.2, 0.25) is 5.91 Å². The molecule has 1 aliphatic heterocycles. The molecule has 1 amide bonds. The van der Waals surface area contributed by atoms with E-state index in [1.807, 2.05) is 0 Å². The number of carboxylic acid groups (broad SMARTS) is 1. The van der Waals surface area contributed by atoms with Gasteiger partial charge in [-0.05, 0) is 48.4 Å². The van der Waals surface area contributed by atoms with Gasteiger partial charge in [0.25, 0.3) is 0 Å². The summed E-state index contributed by atoms with van der Waals surface area (Å²) in [5.74, 6) is -1.42. The zero-order valence-electron chi connectivity index (χ0n) is 12.8. The van der Waals surface area contributed by atoms with E-state index in [1.54, 1.807) is 25.1 Å². The minimum Gasteiger partial charge on any atom is -0.478 e. The first-order valence-corrected chi connectivity index (χ1v) is 8.17. The number of aryl methyl sites for hydroxylation is 1. The summed E-state index contributed by atoms with van der Waals surface area (Å²) in [4.78, 5) is 25.0. The highest BCUT2D eigenvalue weighted by atomic mass is 32.2. The Balaban J connectivity index is 2.08.